The second-order valence-corrected chi connectivity index (χ2v) is 7.12. The lowest BCUT2D eigenvalue weighted by atomic mass is 10.1. The lowest BCUT2D eigenvalue weighted by molar-refractivity contribution is -0.142. The number of fused-ring (bicyclic) bond motifs is 2. The molecule has 3 aromatic rings. The molecular weight excluding hydrogens is 398 g/mol. The second kappa shape index (κ2) is 8.18. The fourth-order valence-corrected chi connectivity index (χ4v) is 3.67. The maximum atomic E-state index is 13.0. The molecular formula is C24H23NO6. The Bertz CT molecular complexity index is 1220. The third kappa shape index (κ3) is 3.63. The Balaban J connectivity index is 1.70. The van der Waals surface area contributed by atoms with Crippen LogP contribution in [0.15, 0.2) is 42.3 Å². The number of aromatic nitrogens is 1. The van der Waals surface area contributed by atoms with Crippen molar-refractivity contribution in [2.75, 3.05) is 20.8 Å². The van der Waals surface area contributed by atoms with E-state index in [1.807, 2.05) is 24.4 Å². The van der Waals surface area contributed by atoms with Gasteiger partial charge >= 0.3 is 5.97 Å². The number of Topliss-reactive ketones (excluding diaryl/α,β-unsaturated/α-hetero) is 1. The van der Waals surface area contributed by atoms with Gasteiger partial charge in [-0.1, -0.05) is 0 Å². The van der Waals surface area contributed by atoms with E-state index in [1.54, 1.807) is 32.2 Å². The number of ether oxygens (including phenoxy) is 4. The molecule has 0 saturated heterocycles. The molecule has 0 amide bonds. The van der Waals surface area contributed by atoms with Gasteiger partial charge in [-0.05, 0) is 50.3 Å². The van der Waals surface area contributed by atoms with Crippen LogP contribution in [0, 0.1) is 6.92 Å². The predicted molar refractivity (Wildman–Crippen MR) is 116 cm³/mol. The number of rotatable bonds is 6. The van der Waals surface area contributed by atoms with Gasteiger partial charge in [0.05, 0.1) is 19.8 Å². The molecule has 0 saturated carbocycles. The fraction of sp³-hybridized carbons (Fsp3) is 0.250. The molecule has 1 aliphatic rings. The first-order valence-electron chi connectivity index (χ1n) is 9.91. The standard InChI is InChI=1S/C24H23NO6/c1-5-25-12-15(18-11-16(28-3)6-8-19(18)25)10-21-23(27)17-7-9-20(14(2)24(17)31-21)30-13-22(26)29-4/h6-12H,5,13H2,1-4H3. The SMILES string of the molecule is CCn1cc(C=C2Oc3c(ccc(OCC(=O)OC)c3C)C2=O)c2cc(OC)ccc21. The molecule has 1 aliphatic heterocycles. The molecule has 7 heteroatoms. The van der Waals surface area contributed by atoms with Crippen LogP contribution in [0.3, 0.4) is 0 Å². The van der Waals surface area contributed by atoms with E-state index in [0.717, 1.165) is 28.8 Å². The molecule has 31 heavy (non-hydrogen) atoms. The summed E-state index contributed by atoms with van der Waals surface area (Å²) in [4.78, 5) is 24.3. The van der Waals surface area contributed by atoms with Crippen LogP contribution in [-0.4, -0.2) is 37.1 Å². The monoisotopic (exact) mass is 421 g/mol. The zero-order valence-electron chi connectivity index (χ0n) is 17.9. The Labute approximate surface area is 179 Å². The van der Waals surface area contributed by atoms with E-state index >= 15 is 0 Å². The summed E-state index contributed by atoms with van der Waals surface area (Å²) < 4.78 is 23.5. The van der Waals surface area contributed by atoms with Crippen molar-refractivity contribution in [3.63, 3.8) is 0 Å². The summed E-state index contributed by atoms with van der Waals surface area (Å²) in [6.07, 6.45) is 3.75. The molecule has 4 rings (SSSR count). The van der Waals surface area contributed by atoms with E-state index in [1.165, 1.54) is 7.11 Å². The predicted octanol–water partition coefficient (Wildman–Crippen LogP) is 4.15. The number of aryl methyl sites for hydroxylation is 1. The molecule has 0 fully saturated rings. The van der Waals surface area contributed by atoms with Crippen molar-refractivity contribution in [2.24, 2.45) is 0 Å². The number of esters is 1. The van der Waals surface area contributed by atoms with Crippen molar-refractivity contribution in [1.82, 2.24) is 4.57 Å². The maximum absolute atomic E-state index is 13.0. The van der Waals surface area contributed by atoms with Crippen molar-refractivity contribution in [3.8, 4) is 17.2 Å². The van der Waals surface area contributed by atoms with Crippen LogP contribution < -0.4 is 14.2 Å². The number of carbonyl (C=O) groups is 2. The number of carbonyl (C=O) groups excluding carboxylic acids is 2. The molecule has 0 spiro atoms. The lowest BCUT2D eigenvalue weighted by Gasteiger charge is -2.10. The molecule has 0 N–H and O–H groups in total. The van der Waals surface area contributed by atoms with Crippen LogP contribution in [0.25, 0.3) is 17.0 Å². The Kier molecular flexibility index (Phi) is 5.42. The van der Waals surface area contributed by atoms with E-state index in [4.69, 9.17) is 14.2 Å². The van der Waals surface area contributed by atoms with Gasteiger partial charge in [0.1, 0.15) is 17.2 Å². The van der Waals surface area contributed by atoms with Crippen molar-refractivity contribution in [2.45, 2.75) is 20.4 Å². The number of nitrogens with zero attached hydrogens (tertiary/aromatic N) is 1. The topological polar surface area (TPSA) is 76.0 Å². The fourth-order valence-electron chi connectivity index (χ4n) is 3.67. The van der Waals surface area contributed by atoms with Gasteiger partial charge in [-0.3, -0.25) is 4.79 Å². The lowest BCUT2D eigenvalue weighted by Crippen LogP contribution is -2.13. The highest BCUT2D eigenvalue weighted by Crippen LogP contribution is 2.40. The number of benzene rings is 2. The summed E-state index contributed by atoms with van der Waals surface area (Å²) in [7, 11) is 2.92. The van der Waals surface area contributed by atoms with Gasteiger partial charge in [0.15, 0.2) is 12.4 Å². The summed E-state index contributed by atoms with van der Waals surface area (Å²) in [6.45, 7) is 4.43. The van der Waals surface area contributed by atoms with E-state index < -0.39 is 5.97 Å². The molecule has 1 aromatic heterocycles. The number of allylic oxidation sites excluding steroid dienone is 1. The van der Waals surface area contributed by atoms with Gasteiger partial charge in [0, 0.05) is 34.8 Å². The maximum Gasteiger partial charge on any atom is 0.343 e. The molecule has 2 aromatic carbocycles. The Morgan fingerprint density at radius 3 is 2.71 bits per heavy atom. The van der Waals surface area contributed by atoms with Gasteiger partial charge in [-0.15, -0.1) is 0 Å². The first-order valence-corrected chi connectivity index (χ1v) is 9.91. The molecule has 0 aliphatic carbocycles. The number of hydrogen-bond donors (Lipinski definition) is 0. The molecule has 160 valence electrons. The zero-order valence-corrected chi connectivity index (χ0v) is 17.9. The Hall–Kier alpha value is -3.74. The summed E-state index contributed by atoms with van der Waals surface area (Å²) in [5.74, 6) is 1.20. The molecule has 0 unspecified atom stereocenters. The first kappa shape index (κ1) is 20.5. The highest BCUT2D eigenvalue weighted by atomic mass is 16.6. The minimum atomic E-state index is -0.486. The van der Waals surface area contributed by atoms with Gasteiger partial charge in [-0.2, -0.15) is 0 Å². The zero-order chi connectivity index (χ0) is 22.1. The molecule has 0 radical (unpaired) electrons. The van der Waals surface area contributed by atoms with Crippen molar-refractivity contribution in [1.29, 1.82) is 0 Å². The van der Waals surface area contributed by atoms with Crippen LogP contribution in [0.1, 0.15) is 28.4 Å². The number of methoxy groups -OCH3 is 2. The van der Waals surface area contributed by atoms with E-state index in [9.17, 15) is 9.59 Å². The van der Waals surface area contributed by atoms with Crippen LogP contribution in [0.2, 0.25) is 0 Å². The average molecular weight is 421 g/mol. The third-order valence-electron chi connectivity index (χ3n) is 5.36. The quantitative estimate of drug-likeness (QED) is 0.440. The largest absolute Gasteiger partial charge is 0.497 e. The number of hydrogen-bond acceptors (Lipinski definition) is 6. The van der Waals surface area contributed by atoms with Gasteiger partial charge in [-0.25, -0.2) is 4.79 Å². The van der Waals surface area contributed by atoms with Gasteiger partial charge in [0.25, 0.3) is 0 Å². The molecule has 2 heterocycles. The normalized spacial score (nSPS) is 13.9. The summed E-state index contributed by atoms with van der Waals surface area (Å²) in [5, 5.41) is 0.972. The van der Waals surface area contributed by atoms with Crippen molar-refractivity contribution < 1.29 is 28.5 Å². The third-order valence-corrected chi connectivity index (χ3v) is 5.36. The average Bonchev–Trinajstić information content (AvgIpc) is 3.30. The minimum Gasteiger partial charge on any atom is -0.497 e. The second-order valence-electron chi connectivity index (χ2n) is 7.12. The smallest absolute Gasteiger partial charge is 0.343 e. The Morgan fingerprint density at radius 2 is 2.00 bits per heavy atom. The highest BCUT2D eigenvalue weighted by molar-refractivity contribution is 6.15. The van der Waals surface area contributed by atoms with E-state index in [2.05, 4.69) is 16.2 Å². The van der Waals surface area contributed by atoms with Crippen LogP contribution >= 0.6 is 0 Å². The van der Waals surface area contributed by atoms with Crippen LogP contribution in [-0.2, 0) is 16.1 Å². The van der Waals surface area contributed by atoms with E-state index in [-0.39, 0.29) is 18.1 Å². The van der Waals surface area contributed by atoms with Crippen LogP contribution in [0.4, 0.5) is 0 Å². The summed E-state index contributed by atoms with van der Waals surface area (Å²) in [6, 6.07) is 9.18. The van der Waals surface area contributed by atoms with Crippen molar-refractivity contribution in [3.05, 3.63) is 59.0 Å². The first-order chi connectivity index (χ1) is 15.0. The van der Waals surface area contributed by atoms with E-state index in [0.29, 0.717) is 22.6 Å². The van der Waals surface area contributed by atoms with Gasteiger partial charge in [0.2, 0.25) is 5.78 Å². The summed E-state index contributed by atoms with van der Waals surface area (Å²) in [5.41, 5.74) is 3.03. The van der Waals surface area contributed by atoms with Crippen molar-refractivity contribution >= 4 is 28.7 Å². The number of ketones is 1. The molecule has 0 atom stereocenters. The minimum absolute atomic E-state index is 0.196. The van der Waals surface area contributed by atoms with Gasteiger partial charge < -0.3 is 23.5 Å². The highest BCUT2D eigenvalue weighted by Gasteiger charge is 2.30. The van der Waals surface area contributed by atoms with Crippen LogP contribution in [0.5, 0.6) is 17.2 Å². The molecule has 0 bridgehead atoms. The molecule has 7 nitrogen and oxygen atoms in total. The summed E-state index contributed by atoms with van der Waals surface area (Å²) >= 11 is 0. The Morgan fingerprint density at radius 1 is 1.19 bits per heavy atom.